The molecule has 1 amide bonds. The third kappa shape index (κ3) is 8.53. The molecule has 0 heterocycles. The number of phenolic OH excluding ortho intramolecular Hbond substituents is 1. The highest BCUT2D eigenvalue weighted by Crippen LogP contribution is 2.33. The first-order valence-corrected chi connectivity index (χ1v) is 13.6. The molecule has 40 heavy (non-hydrogen) atoms. The SMILES string of the molecule is CCN(CC)CCN(CC)c1ccc(NC(=O)c2cc(Cl)ccc2O)c(OCCc2cccc(C(F)(F)F)c2)c1. The number of carbonyl (C=O) groups excluding carboxylic acids is 1. The van der Waals surface area contributed by atoms with Crippen LogP contribution in [0.5, 0.6) is 11.5 Å². The van der Waals surface area contributed by atoms with E-state index in [2.05, 4.69) is 29.0 Å². The number of nitrogens with one attached hydrogen (secondary N) is 1. The van der Waals surface area contributed by atoms with E-state index in [4.69, 9.17) is 16.3 Å². The number of nitrogens with zero attached hydrogens (tertiary/aromatic N) is 2. The Kier molecular flexibility index (Phi) is 11.1. The maximum absolute atomic E-state index is 13.1. The monoisotopic (exact) mass is 577 g/mol. The Morgan fingerprint density at radius 3 is 2.40 bits per heavy atom. The van der Waals surface area contributed by atoms with Crippen LogP contribution in [0.1, 0.15) is 42.3 Å². The van der Waals surface area contributed by atoms with E-state index >= 15 is 0 Å². The number of amides is 1. The molecule has 3 rings (SSSR count). The van der Waals surface area contributed by atoms with Crippen molar-refractivity contribution in [2.45, 2.75) is 33.4 Å². The molecule has 2 N–H and O–H groups in total. The van der Waals surface area contributed by atoms with Crippen LogP contribution in [-0.4, -0.2) is 55.2 Å². The molecule has 0 radical (unpaired) electrons. The maximum Gasteiger partial charge on any atom is 0.416 e. The molecule has 0 aliphatic carbocycles. The highest BCUT2D eigenvalue weighted by atomic mass is 35.5. The lowest BCUT2D eigenvalue weighted by Crippen LogP contribution is -2.35. The number of phenols is 1. The number of benzene rings is 3. The molecular weight excluding hydrogens is 543 g/mol. The first-order valence-electron chi connectivity index (χ1n) is 13.3. The van der Waals surface area contributed by atoms with Gasteiger partial charge in [0.15, 0.2) is 0 Å². The minimum atomic E-state index is -4.43. The van der Waals surface area contributed by atoms with Crippen molar-refractivity contribution in [3.05, 3.63) is 82.4 Å². The van der Waals surface area contributed by atoms with Gasteiger partial charge in [0.1, 0.15) is 11.5 Å². The lowest BCUT2D eigenvalue weighted by molar-refractivity contribution is -0.137. The molecule has 10 heteroatoms. The van der Waals surface area contributed by atoms with E-state index in [1.165, 1.54) is 24.3 Å². The maximum atomic E-state index is 13.1. The van der Waals surface area contributed by atoms with Gasteiger partial charge in [0.2, 0.25) is 0 Å². The number of anilines is 2. The van der Waals surface area contributed by atoms with E-state index in [-0.39, 0.29) is 24.3 Å². The van der Waals surface area contributed by atoms with Gasteiger partial charge in [0, 0.05) is 42.8 Å². The fraction of sp³-hybridized carbons (Fsp3) is 0.367. The van der Waals surface area contributed by atoms with Crippen LogP contribution in [0.25, 0.3) is 0 Å². The molecule has 0 aliphatic heterocycles. The van der Waals surface area contributed by atoms with E-state index in [0.717, 1.165) is 50.5 Å². The van der Waals surface area contributed by atoms with Gasteiger partial charge in [-0.3, -0.25) is 4.79 Å². The van der Waals surface area contributed by atoms with Crippen molar-refractivity contribution < 1.29 is 27.8 Å². The zero-order valence-electron chi connectivity index (χ0n) is 22.9. The summed E-state index contributed by atoms with van der Waals surface area (Å²) in [4.78, 5) is 17.5. The summed E-state index contributed by atoms with van der Waals surface area (Å²) in [6, 6.07) is 14.7. The van der Waals surface area contributed by atoms with Crippen LogP contribution in [0, 0.1) is 0 Å². The van der Waals surface area contributed by atoms with Crippen LogP contribution in [0.15, 0.2) is 60.7 Å². The summed E-state index contributed by atoms with van der Waals surface area (Å²) < 4.78 is 45.4. The van der Waals surface area contributed by atoms with Gasteiger partial charge in [-0.05, 0) is 62.0 Å². The number of halogens is 4. The number of hydrogen-bond donors (Lipinski definition) is 2. The normalized spacial score (nSPS) is 11.5. The van der Waals surface area contributed by atoms with Crippen molar-refractivity contribution in [3.8, 4) is 11.5 Å². The van der Waals surface area contributed by atoms with Gasteiger partial charge < -0.3 is 25.0 Å². The average molecular weight is 578 g/mol. The molecule has 0 unspecified atom stereocenters. The van der Waals surface area contributed by atoms with Crippen LogP contribution in [-0.2, 0) is 12.6 Å². The van der Waals surface area contributed by atoms with Crippen LogP contribution in [0.3, 0.4) is 0 Å². The molecule has 216 valence electrons. The summed E-state index contributed by atoms with van der Waals surface area (Å²) >= 11 is 6.01. The molecule has 6 nitrogen and oxygen atoms in total. The van der Waals surface area contributed by atoms with Crippen molar-refractivity contribution in [2.75, 3.05) is 49.5 Å². The number of aromatic hydroxyl groups is 1. The lowest BCUT2D eigenvalue weighted by Gasteiger charge is -2.28. The molecule has 0 fully saturated rings. The first kappa shape index (κ1) is 31.1. The largest absolute Gasteiger partial charge is 0.507 e. The predicted octanol–water partition coefficient (Wildman–Crippen LogP) is 7.11. The van der Waals surface area contributed by atoms with Crippen LogP contribution >= 0.6 is 11.6 Å². The van der Waals surface area contributed by atoms with Gasteiger partial charge in [-0.1, -0.05) is 43.6 Å². The number of ether oxygens (including phenoxy) is 1. The Bertz CT molecular complexity index is 1280. The molecule has 0 aliphatic rings. The smallest absolute Gasteiger partial charge is 0.416 e. The van der Waals surface area contributed by atoms with E-state index in [1.54, 1.807) is 12.1 Å². The second kappa shape index (κ2) is 14.3. The van der Waals surface area contributed by atoms with Crippen LogP contribution in [0.2, 0.25) is 5.02 Å². The molecule has 0 aromatic heterocycles. The molecule has 0 atom stereocenters. The molecule has 0 saturated carbocycles. The van der Waals surface area contributed by atoms with E-state index in [1.807, 2.05) is 19.1 Å². The second-order valence-electron chi connectivity index (χ2n) is 9.20. The summed E-state index contributed by atoms with van der Waals surface area (Å²) in [7, 11) is 0. The van der Waals surface area contributed by atoms with Gasteiger partial charge in [0.25, 0.3) is 5.91 Å². The predicted molar refractivity (Wildman–Crippen MR) is 154 cm³/mol. The topological polar surface area (TPSA) is 65.0 Å². The number of hydrogen-bond acceptors (Lipinski definition) is 5. The van der Waals surface area contributed by atoms with Crippen molar-refractivity contribution in [3.63, 3.8) is 0 Å². The average Bonchev–Trinajstić information content (AvgIpc) is 2.93. The highest BCUT2D eigenvalue weighted by molar-refractivity contribution is 6.31. The van der Waals surface area contributed by atoms with Crippen molar-refractivity contribution >= 4 is 28.9 Å². The van der Waals surface area contributed by atoms with Gasteiger partial charge in [-0.15, -0.1) is 0 Å². The van der Waals surface area contributed by atoms with Crippen molar-refractivity contribution in [2.24, 2.45) is 0 Å². The minimum absolute atomic E-state index is 0.000833. The van der Waals surface area contributed by atoms with Gasteiger partial charge in [-0.2, -0.15) is 13.2 Å². The molecule has 0 bridgehead atoms. The van der Waals surface area contributed by atoms with E-state index < -0.39 is 17.6 Å². The standard InChI is InChI=1S/C30H35ClF3N3O3/c1-4-36(5-2)15-16-37(6-3)24-11-12-26(35-29(39)25-19-23(31)10-13-27(25)38)28(20-24)40-17-14-21-8-7-9-22(18-21)30(32,33)34/h7-13,18-20,38H,4-6,14-17H2,1-3H3,(H,35,39). The Hall–Kier alpha value is -3.43. The molecule has 3 aromatic rings. The number of alkyl halides is 3. The second-order valence-corrected chi connectivity index (χ2v) is 9.64. The Balaban J connectivity index is 1.85. The summed E-state index contributed by atoms with van der Waals surface area (Å²) in [5, 5.41) is 13.2. The first-order chi connectivity index (χ1) is 19.0. The number of rotatable bonds is 13. The fourth-order valence-electron chi connectivity index (χ4n) is 4.26. The van der Waals surface area contributed by atoms with E-state index in [0.29, 0.717) is 22.0 Å². The van der Waals surface area contributed by atoms with Gasteiger partial charge in [0.05, 0.1) is 23.4 Å². The Morgan fingerprint density at radius 2 is 1.73 bits per heavy atom. The lowest BCUT2D eigenvalue weighted by atomic mass is 10.1. The Labute approximate surface area is 238 Å². The molecule has 0 saturated heterocycles. The Morgan fingerprint density at radius 1 is 0.975 bits per heavy atom. The number of carbonyl (C=O) groups is 1. The summed E-state index contributed by atoms with van der Waals surface area (Å²) in [5.74, 6) is -0.441. The van der Waals surface area contributed by atoms with Crippen LogP contribution in [0.4, 0.5) is 24.5 Å². The third-order valence-electron chi connectivity index (χ3n) is 6.65. The number of likely N-dealkylation sites (N-methyl/N-ethyl adjacent to an activating group) is 2. The van der Waals surface area contributed by atoms with E-state index in [9.17, 15) is 23.1 Å². The summed E-state index contributed by atoms with van der Waals surface area (Å²) in [6.45, 7) is 10.7. The van der Waals surface area contributed by atoms with Crippen molar-refractivity contribution in [1.82, 2.24) is 4.90 Å². The van der Waals surface area contributed by atoms with Gasteiger partial charge in [-0.25, -0.2) is 0 Å². The molecule has 0 spiro atoms. The summed E-state index contributed by atoms with van der Waals surface area (Å²) in [6.07, 6.45) is -4.20. The van der Waals surface area contributed by atoms with Crippen LogP contribution < -0.4 is 15.0 Å². The minimum Gasteiger partial charge on any atom is -0.507 e. The zero-order chi connectivity index (χ0) is 29.3. The van der Waals surface area contributed by atoms with Crippen molar-refractivity contribution in [1.29, 1.82) is 0 Å². The molecular formula is C30H35ClF3N3O3. The zero-order valence-corrected chi connectivity index (χ0v) is 23.6. The summed E-state index contributed by atoms with van der Waals surface area (Å²) in [5.41, 5.74) is 1.01. The third-order valence-corrected chi connectivity index (χ3v) is 6.88. The molecule has 3 aromatic carbocycles. The van der Waals surface area contributed by atoms with Gasteiger partial charge >= 0.3 is 6.18 Å². The fourth-order valence-corrected chi connectivity index (χ4v) is 4.44. The highest BCUT2D eigenvalue weighted by Gasteiger charge is 2.30. The quantitative estimate of drug-likeness (QED) is 0.227.